The van der Waals surface area contributed by atoms with Gasteiger partial charge in [0.05, 0.1) is 6.10 Å². The summed E-state index contributed by atoms with van der Waals surface area (Å²) >= 11 is 0. The van der Waals surface area contributed by atoms with Crippen molar-refractivity contribution in [2.75, 3.05) is 6.54 Å². The van der Waals surface area contributed by atoms with Crippen LogP contribution < -0.4 is 0 Å². The van der Waals surface area contributed by atoms with E-state index >= 15 is 0 Å². The van der Waals surface area contributed by atoms with Crippen molar-refractivity contribution in [3.05, 3.63) is 0 Å². The second-order valence-electron chi connectivity index (χ2n) is 13.9. The van der Waals surface area contributed by atoms with Crippen molar-refractivity contribution < 1.29 is 13.6 Å². The molecule has 0 aromatic heterocycles. The first-order valence-electron chi connectivity index (χ1n) is 11.6. The van der Waals surface area contributed by atoms with Crippen LogP contribution in [0.4, 0.5) is 0 Å². The molecule has 1 unspecified atom stereocenters. The number of hydrogen-bond donors (Lipinski definition) is 0. The maximum Gasteiger partial charge on any atom is 0.309 e. The highest BCUT2D eigenvalue weighted by Gasteiger charge is 2.53. The largest absolute Gasteiger partial charge is 0.518 e. The Balaban J connectivity index is 3.24. The topological polar surface area (TPSA) is 38.8 Å². The first kappa shape index (κ1) is 28.1. The summed E-state index contributed by atoms with van der Waals surface area (Å²) in [5.74, 6) is -0.0206. The molecule has 2 atom stereocenters. The molecule has 1 fully saturated rings. The van der Waals surface area contributed by atoms with Crippen molar-refractivity contribution in [3.63, 3.8) is 0 Å². The molecule has 1 saturated heterocycles. The average molecular weight is 474 g/mol. The SMILES string of the molecule is CC(C)(C)[Si](C)(C)OC(=O)[C@@H]1CC(O[Si](C)(C)C(C)(C)C)CN1[Si](C)(C)C(C)(C)C. The van der Waals surface area contributed by atoms with Crippen LogP contribution in [0.3, 0.4) is 0 Å². The predicted octanol–water partition coefficient (Wildman–Crippen LogP) is 7.00. The van der Waals surface area contributed by atoms with E-state index in [-0.39, 0.29) is 33.2 Å². The molecule has 0 radical (unpaired) electrons. The average Bonchev–Trinajstić information content (AvgIpc) is 2.87. The fourth-order valence-corrected chi connectivity index (χ4v) is 8.04. The summed E-state index contributed by atoms with van der Waals surface area (Å²) < 4.78 is 15.6. The molecule has 0 spiro atoms. The van der Waals surface area contributed by atoms with Crippen molar-refractivity contribution in [3.8, 4) is 0 Å². The normalized spacial score (nSPS) is 23.0. The van der Waals surface area contributed by atoms with Gasteiger partial charge in [-0.3, -0.25) is 4.79 Å². The van der Waals surface area contributed by atoms with Crippen LogP contribution in [-0.2, 0) is 13.6 Å². The van der Waals surface area contributed by atoms with Crippen molar-refractivity contribution in [1.29, 1.82) is 0 Å². The Kier molecular flexibility index (Phi) is 7.89. The molecule has 1 rings (SSSR count). The number of hydrogen-bond acceptors (Lipinski definition) is 4. The van der Waals surface area contributed by atoms with E-state index in [0.717, 1.165) is 13.0 Å². The fourth-order valence-electron chi connectivity index (χ4n) is 3.22. The monoisotopic (exact) mass is 473 g/mol. The predicted molar refractivity (Wildman–Crippen MR) is 138 cm³/mol. The quantitative estimate of drug-likeness (QED) is 0.403. The molecule has 0 aromatic rings. The maximum atomic E-state index is 13.5. The lowest BCUT2D eigenvalue weighted by molar-refractivity contribution is -0.139. The highest BCUT2D eigenvalue weighted by molar-refractivity contribution is 6.78. The summed E-state index contributed by atoms with van der Waals surface area (Å²) in [5, 5.41) is 0.336. The number of nitrogens with zero attached hydrogens (tertiary/aromatic N) is 1. The van der Waals surface area contributed by atoms with Gasteiger partial charge >= 0.3 is 5.97 Å². The van der Waals surface area contributed by atoms with Crippen LogP contribution in [0.25, 0.3) is 0 Å². The molecule has 0 saturated carbocycles. The van der Waals surface area contributed by atoms with Crippen LogP contribution in [0.5, 0.6) is 0 Å². The van der Waals surface area contributed by atoms with Crippen LogP contribution in [-0.4, -0.2) is 54.1 Å². The summed E-state index contributed by atoms with van der Waals surface area (Å²) in [7, 11) is -5.96. The molecule has 7 heteroatoms. The lowest BCUT2D eigenvalue weighted by atomic mass is 10.2. The minimum atomic E-state index is -2.16. The molecule has 0 bridgehead atoms. The van der Waals surface area contributed by atoms with Gasteiger partial charge in [-0.05, 0) is 47.7 Å². The zero-order valence-electron chi connectivity index (χ0n) is 22.7. The van der Waals surface area contributed by atoms with Gasteiger partial charge in [0, 0.05) is 6.54 Å². The van der Waals surface area contributed by atoms with E-state index < -0.39 is 24.9 Å². The van der Waals surface area contributed by atoms with Gasteiger partial charge in [0.2, 0.25) is 0 Å². The molecule has 178 valence electrons. The number of carbonyl (C=O) groups excluding carboxylic acids is 1. The standard InChI is InChI=1S/C23H51NO3Si3/c1-21(2,3)28(10,11)24-17-18(26-29(12,13)22(4,5)6)16-19(24)20(25)27-30(14,15)23(7,8)9/h18-19H,16-17H2,1-15H3/t18?,19-/m0/s1. The Morgan fingerprint density at radius 1 is 0.767 bits per heavy atom. The van der Waals surface area contributed by atoms with Gasteiger partial charge in [0.25, 0.3) is 8.32 Å². The number of rotatable bonds is 5. The Hall–Kier alpha value is 0.0406. The minimum Gasteiger partial charge on any atom is -0.518 e. The molecular formula is C23H51NO3Si3. The Labute approximate surface area is 190 Å². The summed E-state index contributed by atoms with van der Waals surface area (Å²) in [5.41, 5.74) is 0. The highest BCUT2D eigenvalue weighted by Crippen LogP contribution is 2.45. The van der Waals surface area contributed by atoms with Gasteiger partial charge in [-0.1, -0.05) is 75.4 Å². The van der Waals surface area contributed by atoms with E-state index in [2.05, 4.69) is 106 Å². The molecule has 0 amide bonds. The zero-order chi connectivity index (χ0) is 24.1. The molecule has 4 nitrogen and oxygen atoms in total. The van der Waals surface area contributed by atoms with E-state index in [9.17, 15) is 4.79 Å². The molecule has 1 aliphatic rings. The van der Waals surface area contributed by atoms with Gasteiger partial charge in [0.15, 0.2) is 8.32 Å². The van der Waals surface area contributed by atoms with Crippen molar-refractivity contribution in [1.82, 2.24) is 4.57 Å². The van der Waals surface area contributed by atoms with Crippen molar-refractivity contribution in [2.45, 2.75) is 135 Å². The fraction of sp³-hybridized carbons (Fsp3) is 0.957. The summed E-state index contributed by atoms with van der Waals surface area (Å²) in [6.45, 7) is 35.0. The molecule has 0 aliphatic carbocycles. The van der Waals surface area contributed by atoms with Gasteiger partial charge in [-0.2, -0.15) is 0 Å². The van der Waals surface area contributed by atoms with Crippen LogP contribution in [0, 0.1) is 0 Å². The molecular weight excluding hydrogens is 423 g/mol. The lowest BCUT2D eigenvalue weighted by Crippen LogP contribution is -2.60. The van der Waals surface area contributed by atoms with Gasteiger partial charge in [-0.15, -0.1) is 0 Å². The van der Waals surface area contributed by atoms with Crippen LogP contribution in [0.2, 0.25) is 54.4 Å². The second kappa shape index (κ2) is 8.43. The zero-order valence-corrected chi connectivity index (χ0v) is 25.7. The lowest BCUT2D eigenvalue weighted by Gasteiger charge is -2.47. The molecule has 0 aromatic carbocycles. The molecule has 0 N–H and O–H groups in total. The van der Waals surface area contributed by atoms with E-state index in [0.29, 0.717) is 0 Å². The van der Waals surface area contributed by atoms with E-state index in [4.69, 9.17) is 8.85 Å². The van der Waals surface area contributed by atoms with Crippen LogP contribution in [0.15, 0.2) is 0 Å². The first-order valence-corrected chi connectivity index (χ1v) is 20.4. The van der Waals surface area contributed by atoms with E-state index in [1.54, 1.807) is 0 Å². The Morgan fingerprint density at radius 3 is 1.57 bits per heavy atom. The molecule has 1 aliphatic heterocycles. The smallest absolute Gasteiger partial charge is 0.309 e. The summed E-state index contributed by atoms with van der Waals surface area (Å²) in [4.78, 5) is 13.5. The van der Waals surface area contributed by atoms with Crippen LogP contribution in [0.1, 0.15) is 68.7 Å². The first-order chi connectivity index (χ1) is 12.9. The highest BCUT2D eigenvalue weighted by atomic mass is 28.4. The Bertz CT molecular complexity index is 625. The third-order valence-corrected chi connectivity index (χ3v) is 23.0. The Morgan fingerprint density at radius 2 is 1.20 bits per heavy atom. The van der Waals surface area contributed by atoms with E-state index in [1.165, 1.54) is 0 Å². The van der Waals surface area contributed by atoms with Gasteiger partial charge < -0.3 is 13.4 Å². The van der Waals surface area contributed by atoms with Gasteiger partial charge in [0.1, 0.15) is 14.3 Å². The maximum absolute atomic E-state index is 13.5. The van der Waals surface area contributed by atoms with Gasteiger partial charge in [-0.25, -0.2) is 0 Å². The second-order valence-corrected chi connectivity index (χ2v) is 28.6. The number of carbonyl (C=O) groups is 1. The third-order valence-electron chi connectivity index (χ3n) is 8.52. The minimum absolute atomic E-state index is 0.0140. The summed E-state index contributed by atoms with van der Waals surface area (Å²) in [6.07, 6.45) is 0.865. The molecule has 1 heterocycles. The van der Waals surface area contributed by atoms with E-state index in [1.807, 2.05) is 0 Å². The van der Waals surface area contributed by atoms with Crippen LogP contribution >= 0.6 is 0 Å². The molecule has 30 heavy (non-hydrogen) atoms. The van der Waals surface area contributed by atoms with Crippen molar-refractivity contribution in [2.24, 2.45) is 0 Å². The summed E-state index contributed by atoms with van der Waals surface area (Å²) in [6, 6.07) is -0.185. The van der Waals surface area contributed by atoms with Crippen molar-refractivity contribution >= 4 is 30.8 Å². The third kappa shape index (κ3) is 5.88.